The topological polar surface area (TPSA) is 88.6 Å². The summed E-state index contributed by atoms with van der Waals surface area (Å²) in [5.41, 5.74) is 4.20. The molecule has 0 saturated carbocycles. The minimum absolute atomic E-state index is 0.0920. The van der Waals surface area contributed by atoms with E-state index >= 15 is 0 Å². The van der Waals surface area contributed by atoms with E-state index in [2.05, 4.69) is 52.1 Å². The molecule has 1 aliphatic rings. The minimum Gasteiger partial charge on any atom is -0.272 e. The van der Waals surface area contributed by atoms with Crippen molar-refractivity contribution in [2.75, 3.05) is 5.75 Å². The number of pyridine rings is 1. The second kappa shape index (κ2) is 10.8. The highest BCUT2D eigenvalue weighted by Crippen LogP contribution is 2.34. The van der Waals surface area contributed by atoms with Crippen molar-refractivity contribution < 1.29 is 4.79 Å². The zero-order valence-electron chi connectivity index (χ0n) is 19.8. The van der Waals surface area contributed by atoms with Gasteiger partial charge in [-0.05, 0) is 59.7 Å². The number of fused-ring (bicyclic) bond motifs is 1. The molecule has 1 amide bonds. The van der Waals surface area contributed by atoms with E-state index in [-0.39, 0.29) is 17.7 Å². The fraction of sp³-hybridized carbons (Fsp3) is 0.111. The number of amides is 1. The van der Waals surface area contributed by atoms with E-state index in [1.165, 1.54) is 11.8 Å². The van der Waals surface area contributed by atoms with Gasteiger partial charge in [-0.1, -0.05) is 74.0 Å². The van der Waals surface area contributed by atoms with Crippen LogP contribution < -0.4 is 0 Å². The summed E-state index contributed by atoms with van der Waals surface area (Å²) in [7, 11) is 0. The Morgan fingerprint density at radius 2 is 1.68 bits per heavy atom. The molecule has 5 aromatic rings. The summed E-state index contributed by atoms with van der Waals surface area (Å²) in [4.78, 5) is 17.9. The molecule has 38 heavy (non-hydrogen) atoms. The zero-order chi connectivity index (χ0) is 26.1. The van der Waals surface area contributed by atoms with Crippen molar-refractivity contribution in [2.24, 2.45) is 5.10 Å². The van der Waals surface area contributed by atoms with Crippen LogP contribution in [0.3, 0.4) is 0 Å². The fourth-order valence-electron chi connectivity index (χ4n) is 4.21. The van der Waals surface area contributed by atoms with Gasteiger partial charge in [-0.25, -0.2) is 5.01 Å². The summed E-state index contributed by atoms with van der Waals surface area (Å²) in [5, 5.41) is 20.2. The van der Waals surface area contributed by atoms with Crippen LogP contribution in [0.2, 0.25) is 0 Å². The quantitative estimate of drug-likeness (QED) is 0.204. The van der Waals surface area contributed by atoms with E-state index in [0.717, 1.165) is 25.8 Å². The van der Waals surface area contributed by atoms with Crippen LogP contribution in [0.5, 0.6) is 0 Å². The highest BCUT2D eigenvalue weighted by atomic mass is 79.9. The lowest BCUT2D eigenvalue weighted by Crippen LogP contribution is -2.28. The second-order valence-corrected chi connectivity index (χ2v) is 11.4. The summed E-state index contributed by atoms with van der Waals surface area (Å²) in [6, 6.07) is 25.1. The molecular weight excluding hydrogens is 630 g/mol. The first-order chi connectivity index (χ1) is 18.5. The third-order valence-electron chi connectivity index (χ3n) is 6.07. The van der Waals surface area contributed by atoms with E-state index in [1.807, 2.05) is 78.9 Å². The molecule has 8 nitrogen and oxygen atoms in total. The van der Waals surface area contributed by atoms with Crippen molar-refractivity contribution in [3.05, 3.63) is 105 Å². The Hall–Kier alpha value is -3.41. The van der Waals surface area contributed by atoms with Gasteiger partial charge in [0.15, 0.2) is 5.65 Å². The Bertz CT molecular complexity index is 1640. The fourth-order valence-corrected chi connectivity index (χ4v) is 5.44. The number of carbonyl (C=O) groups excluding carboxylic acids is 1. The van der Waals surface area contributed by atoms with Crippen molar-refractivity contribution >= 4 is 60.9 Å². The van der Waals surface area contributed by atoms with E-state index in [9.17, 15) is 4.79 Å². The van der Waals surface area contributed by atoms with Gasteiger partial charge in [0, 0.05) is 21.6 Å². The lowest BCUT2D eigenvalue weighted by Gasteiger charge is -2.22. The highest BCUT2D eigenvalue weighted by molar-refractivity contribution is 9.10. The molecule has 1 unspecified atom stereocenters. The summed E-state index contributed by atoms with van der Waals surface area (Å²) >= 11 is 8.34. The monoisotopic (exact) mass is 647 g/mol. The van der Waals surface area contributed by atoms with Crippen LogP contribution in [0, 0.1) is 0 Å². The molecule has 0 saturated heterocycles. The number of thioether (sulfide) groups is 1. The Kier molecular flexibility index (Phi) is 7.05. The number of nitrogens with zero attached hydrogens (tertiary/aromatic N) is 7. The Labute approximate surface area is 239 Å². The Balaban J connectivity index is 1.25. The number of hydrazone groups is 1. The van der Waals surface area contributed by atoms with Gasteiger partial charge in [0.25, 0.3) is 5.91 Å². The third kappa shape index (κ3) is 5.13. The third-order valence-corrected chi connectivity index (χ3v) is 8.04. The van der Waals surface area contributed by atoms with Crippen LogP contribution in [0.25, 0.3) is 17.2 Å². The van der Waals surface area contributed by atoms with Crippen LogP contribution in [0.1, 0.15) is 23.6 Å². The molecule has 11 heteroatoms. The van der Waals surface area contributed by atoms with Crippen molar-refractivity contribution in [3.63, 3.8) is 0 Å². The number of hydrogen-bond acceptors (Lipinski definition) is 7. The predicted molar refractivity (Wildman–Crippen MR) is 154 cm³/mol. The molecule has 0 bridgehead atoms. The summed E-state index contributed by atoms with van der Waals surface area (Å²) in [6.07, 6.45) is 2.34. The molecular formula is C27H19Br2N7OS. The van der Waals surface area contributed by atoms with Crippen LogP contribution in [0.4, 0.5) is 0 Å². The van der Waals surface area contributed by atoms with Crippen molar-refractivity contribution in [1.82, 2.24) is 29.8 Å². The molecule has 0 spiro atoms. The molecule has 0 fully saturated rings. The maximum atomic E-state index is 13.5. The number of rotatable bonds is 6. The summed E-state index contributed by atoms with van der Waals surface area (Å²) < 4.78 is 3.64. The van der Waals surface area contributed by atoms with Crippen LogP contribution >= 0.6 is 43.6 Å². The van der Waals surface area contributed by atoms with Gasteiger partial charge >= 0.3 is 0 Å². The molecule has 0 radical (unpaired) electrons. The minimum atomic E-state index is -0.182. The normalized spacial score (nSPS) is 15.2. The number of benzene rings is 2. The number of hydrogen-bond donors (Lipinski definition) is 0. The van der Waals surface area contributed by atoms with Gasteiger partial charge in [0.05, 0.1) is 17.5 Å². The van der Waals surface area contributed by atoms with Crippen LogP contribution in [-0.2, 0) is 4.79 Å². The number of carbonyl (C=O) groups is 1. The molecule has 0 N–H and O–H groups in total. The zero-order valence-corrected chi connectivity index (χ0v) is 23.8. The molecule has 4 heterocycles. The smallest absolute Gasteiger partial charge is 0.253 e. The molecule has 3 aromatic heterocycles. The molecule has 188 valence electrons. The van der Waals surface area contributed by atoms with Crippen molar-refractivity contribution in [1.29, 1.82) is 0 Å². The summed E-state index contributed by atoms with van der Waals surface area (Å²) in [6.45, 7) is 0. The lowest BCUT2D eigenvalue weighted by atomic mass is 9.98. The average Bonchev–Trinajstić information content (AvgIpc) is 3.58. The van der Waals surface area contributed by atoms with Gasteiger partial charge in [0.1, 0.15) is 10.7 Å². The van der Waals surface area contributed by atoms with Gasteiger partial charge in [-0.3, -0.25) is 9.78 Å². The summed E-state index contributed by atoms with van der Waals surface area (Å²) in [5.74, 6) is 0.641. The van der Waals surface area contributed by atoms with E-state index < -0.39 is 0 Å². The predicted octanol–water partition coefficient (Wildman–Crippen LogP) is 6.18. The molecule has 2 aromatic carbocycles. The first-order valence-electron chi connectivity index (χ1n) is 11.7. The second-order valence-electron chi connectivity index (χ2n) is 8.53. The average molecular weight is 649 g/mol. The standard InChI is InChI=1S/C27H19Br2N7OS/c28-19-8-4-17(5-9-19)22-15-23(18-6-10-20(29)11-7-18)35(33-22)26(37)16-38-25-13-12-24-31-32-27(36(24)34-25)21-3-1-2-14-30-21/h1-14,23H,15-16H2. The maximum absolute atomic E-state index is 13.5. The Morgan fingerprint density at radius 1 is 0.921 bits per heavy atom. The lowest BCUT2D eigenvalue weighted by molar-refractivity contribution is -0.130. The maximum Gasteiger partial charge on any atom is 0.253 e. The number of aromatic nitrogens is 5. The molecule has 1 aliphatic heterocycles. The van der Waals surface area contributed by atoms with E-state index in [1.54, 1.807) is 15.7 Å². The van der Waals surface area contributed by atoms with Gasteiger partial charge < -0.3 is 0 Å². The van der Waals surface area contributed by atoms with Gasteiger partial charge in [-0.15, -0.1) is 10.2 Å². The number of halogens is 2. The molecule has 1 atom stereocenters. The first kappa shape index (κ1) is 24.9. The highest BCUT2D eigenvalue weighted by Gasteiger charge is 2.33. The van der Waals surface area contributed by atoms with Crippen LogP contribution in [0.15, 0.2) is 104 Å². The largest absolute Gasteiger partial charge is 0.272 e. The first-order valence-corrected chi connectivity index (χ1v) is 14.3. The SMILES string of the molecule is O=C(CSc1ccc2nnc(-c3ccccn3)n2n1)N1N=C(c2ccc(Br)cc2)CC1c1ccc(Br)cc1. The van der Waals surface area contributed by atoms with E-state index in [4.69, 9.17) is 5.10 Å². The van der Waals surface area contributed by atoms with E-state index in [0.29, 0.717) is 28.6 Å². The van der Waals surface area contributed by atoms with Crippen LogP contribution in [-0.4, -0.2) is 47.2 Å². The molecule has 6 rings (SSSR count). The van der Waals surface area contributed by atoms with Gasteiger partial charge in [0.2, 0.25) is 5.82 Å². The Morgan fingerprint density at radius 3 is 2.42 bits per heavy atom. The van der Waals surface area contributed by atoms with Crippen molar-refractivity contribution in [3.8, 4) is 11.5 Å². The molecule has 0 aliphatic carbocycles. The van der Waals surface area contributed by atoms with Gasteiger partial charge in [-0.2, -0.15) is 14.7 Å². The van der Waals surface area contributed by atoms with Crippen molar-refractivity contribution in [2.45, 2.75) is 17.5 Å².